The van der Waals surface area contributed by atoms with Crippen molar-refractivity contribution in [1.82, 2.24) is 5.32 Å². The number of hydrogen-bond donors (Lipinski definition) is 3. The lowest BCUT2D eigenvalue weighted by atomic mass is 10.1. The lowest BCUT2D eigenvalue weighted by Crippen LogP contribution is -2.30. The lowest BCUT2D eigenvalue weighted by Gasteiger charge is -2.10. The maximum atomic E-state index is 11.8. The maximum Gasteiger partial charge on any atom is 0.303 e. The minimum atomic E-state index is -1.02. The summed E-state index contributed by atoms with van der Waals surface area (Å²) in [6.07, 6.45) is -0.322. The minimum absolute atomic E-state index is 0.0244. The summed E-state index contributed by atoms with van der Waals surface area (Å²) < 4.78 is 0. The van der Waals surface area contributed by atoms with Gasteiger partial charge in [0.2, 0.25) is 5.91 Å². The molecule has 2 amide bonds. The van der Waals surface area contributed by atoms with Crippen molar-refractivity contribution in [3.05, 3.63) is 29.8 Å². The first-order chi connectivity index (χ1) is 9.38. The third-order valence-corrected chi connectivity index (χ3v) is 2.39. The van der Waals surface area contributed by atoms with Crippen molar-refractivity contribution in [1.29, 1.82) is 0 Å². The second kappa shape index (κ2) is 7.28. The minimum Gasteiger partial charge on any atom is -0.481 e. The highest BCUT2D eigenvalue weighted by molar-refractivity contribution is 5.97. The fourth-order valence-electron chi connectivity index (χ4n) is 1.53. The average molecular weight is 278 g/mol. The first-order valence-electron chi connectivity index (χ1n) is 6.31. The van der Waals surface area contributed by atoms with Crippen molar-refractivity contribution in [3.8, 4) is 0 Å². The molecule has 0 atom stereocenters. The maximum absolute atomic E-state index is 11.8. The first-order valence-corrected chi connectivity index (χ1v) is 6.31. The Balaban J connectivity index is 2.66. The molecule has 0 spiro atoms. The highest BCUT2D eigenvalue weighted by atomic mass is 16.4. The van der Waals surface area contributed by atoms with E-state index in [0.29, 0.717) is 11.3 Å². The number of hydrogen-bond acceptors (Lipinski definition) is 3. The first kappa shape index (κ1) is 15.7. The third kappa shape index (κ3) is 5.51. The van der Waals surface area contributed by atoms with Gasteiger partial charge in [0.1, 0.15) is 0 Å². The van der Waals surface area contributed by atoms with Crippen LogP contribution in [0.5, 0.6) is 0 Å². The van der Waals surface area contributed by atoms with Gasteiger partial charge in [0, 0.05) is 23.7 Å². The van der Waals surface area contributed by atoms with Crippen LogP contribution in [0.25, 0.3) is 0 Å². The summed E-state index contributed by atoms with van der Waals surface area (Å²) in [5.41, 5.74) is 0.909. The van der Waals surface area contributed by atoms with Crippen LogP contribution in [-0.4, -0.2) is 28.9 Å². The molecule has 0 radical (unpaired) electrons. The Morgan fingerprint density at radius 3 is 2.50 bits per heavy atom. The van der Waals surface area contributed by atoms with Gasteiger partial charge in [0.25, 0.3) is 5.91 Å². The molecule has 0 unspecified atom stereocenters. The predicted molar refractivity (Wildman–Crippen MR) is 74.5 cm³/mol. The van der Waals surface area contributed by atoms with E-state index in [1.165, 1.54) is 0 Å². The Bertz CT molecular complexity index is 512. The Morgan fingerprint density at radius 2 is 1.90 bits per heavy atom. The third-order valence-electron chi connectivity index (χ3n) is 2.39. The van der Waals surface area contributed by atoms with Gasteiger partial charge < -0.3 is 15.7 Å². The molecular formula is C14H18N2O4. The number of carboxylic acid groups (broad SMARTS) is 1. The fraction of sp³-hybridized carbons (Fsp3) is 0.357. The summed E-state index contributed by atoms with van der Waals surface area (Å²) in [4.78, 5) is 33.7. The normalized spacial score (nSPS) is 10.2. The zero-order valence-electron chi connectivity index (χ0n) is 11.5. The Morgan fingerprint density at radius 1 is 1.20 bits per heavy atom. The standard InChI is InChI=1S/C14H18N2O4/c1-9(2)15-14(20)10-4-3-5-11(8-10)16-12(17)6-7-13(18)19/h3-5,8-9H,6-7H2,1-2H3,(H,15,20)(H,16,17)(H,18,19). The van der Waals surface area contributed by atoms with Crippen LogP contribution in [0.15, 0.2) is 24.3 Å². The number of carbonyl (C=O) groups excluding carboxylic acids is 2. The topological polar surface area (TPSA) is 95.5 Å². The summed E-state index contributed by atoms with van der Waals surface area (Å²) in [6, 6.07) is 6.52. The van der Waals surface area contributed by atoms with E-state index < -0.39 is 11.9 Å². The SMILES string of the molecule is CC(C)NC(=O)c1cccc(NC(=O)CCC(=O)O)c1. The molecule has 0 aliphatic rings. The quantitative estimate of drug-likeness (QED) is 0.737. The predicted octanol–water partition coefficient (Wildman–Crippen LogP) is 1.63. The number of benzene rings is 1. The van der Waals surface area contributed by atoms with E-state index in [9.17, 15) is 14.4 Å². The molecule has 0 saturated carbocycles. The number of anilines is 1. The van der Waals surface area contributed by atoms with Crippen LogP contribution in [0.2, 0.25) is 0 Å². The van der Waals surface area contributed by atoms with Crippen LogP contribution in [0, 0.1) is 0 Å². The lowest BCUT2D eigenvalue weighted by molar-refractivity contribution is -0.138. The highest BCUT2D eigenvalue weighted by Gasteiger charge is 2.09. The van der Waals surface area contributed by atoms with E-state index in [1.54, 1.807) is 24.3 Å². The van der Waals surface area contributed by atoms with Gasteiger partial charge in [0.05, 0.1) is 6.42 Å². The van der Waals surface area contributed by atoms with Gasteiger partial charge in [-0.3, -0.25) is 14.4 Å². The number of carboxylic acids is 1. The van der Waals surface area contributed by atoms with Crippen molar-refractivity contribution >= 4 is 23.5 Å². The average Bonchev–Trinajstić information content (AvgIpc) is 2.36. The van der Waals surface area contributed by atoms with Crippen molar-refractivity contribution in [2.75, 3.05) is 5.32 Å². The Kier molecular flexibility index (Phi) is 5.71. The molecule has 0 heterocycles. The van der Waals surface area contributed by atoms with E-state index in [-0.39, 0.29) is 24.8 Å². The number of amides is 2. The number of nitrogens with one attached hydrogen (secondary N) is 2. The molecule has 108 valence electrons. The van der Waals surface area contributed by atoms with Gasteiger partial charge in [-0.05, 0) is 32.0 Å². The molecule has 6 nitrogen and oxygen atoms in total. The van der Waals surface area contributed by atoms with E-state index in [0.717, 1.165) is 0 Å². The summed E-state index contributed by atoms with van der Waals surface area (Å²) in [5, 5.41) is 13.8. The molecule has 0 aliphatic carbocycles. The van der Waals surface area contributed by atoms with Gasteiger partial charge in [-0.1, -0.05) is 6.07 Å². The molecule has 6 heteroatoms. The summed E-state index contributed by atoms with van der Waals surface area (Å²) >= 11 is 0. The molecule has 1 aromatic carbocycles. The molecule has 0 aliphatic heterocycles. The van der Waals surface area contributed by atoms with Crippen LogP contribution in [0.3, 0.4) is 0 Å². The summed E-state index contributed by atoms with van der Waals surface area (Å²) in [5.74, 6) is -1.64. The van der Waals surface area contributed by atoms with Crippen LogP contribution >= 0.6 is 0 Å². The molecule has 3 N–H and O–H groups in total. The van der Waals surface area contributed by atoms with Crippen molar-refractivity contribution < 1.29 is 19.5 Å². The second-order valence-electron chi connectivity index (χ2n) is 4.65. The monoisotopic (exact) mass is 278 g/mol. The fourth-order valence-corrected chi connectivity index (χ4v) is 1.53. The molecule has 0 aromatic heterocycles. The zero-order valence-corrected chi connectivity index (χ0v) is 11.5. The summed E-state index contributed by atoms with van der Waals surface area (Å²) in [7, 11) is 0. The number of carbonyl (C=O) groups is 3. The smallest absolute Gasteiger partial charge is 0.303 e. The van der Waals surface area contributed by atoms with E-state index in [1.807, 2.05) is 13.8 Å². The Labute approximate surface area is 117 Å². The van der Waals surface area contributed by atoms with E-state index in [4.69, 9.17) is 5.11 Å². The number of aliphatic carboxylic acids is 1. The highest BCUT2D eigenvalue weighted by Crippen LogP contribution is 2.11. The van der Waals surface area contributed by atoms with Crippen LogP contribution in [0.4, 0.5) is 5.69 Å². The van der Waals surface area contributed by atoms with Crippen molar-refractivity contribution in [2.24, 2.45) is 0 Å². The number of rotatable bonds is 6. The molecule has 20 heavy (non-hydrogen) atoms. The van der Waals surface area contributed by atoms with Crippen LogP contribution in [-0.2, 0) is 9.59 Å². The Hall–Kier alpha value is -2.37. The van der Waals surface area contributed by atoms with E-state index in [2.05, 4.69) is 10.6 Å². The van der Waals surface area contributed by atoms with Gasteiger partial charge in [-0.25, -0.2) is 0 Å². The van der Waals surface area contributed by atoms with E-state index >= 15 is 0 Å². The molecule has 0 saturated heterocycles. The largest absolute Gasteiger partial charge is 0.481 e. The second-order valence-corrected chi connectivity index (χ2v) is 4.65. The van der Waals surface area contributed by atoms with Crippen molar-refractivity contribution in [3.63, 3.8) is 0 Å². The van der Waals surface area contributed by atoms with Crippen molar-refractivity contribution in [2.45, 2.75) is 32.7 Å². The molecule has 1 aromatic rings. The van der Waals surface area contributed by atoms with Gasteiger partial charge in [-0.2, -0.15) is 0 Å². The molecule has 1 rings (SSSR count). The van der Waals surface area contributed by atoms with Gasteiger partial charge in [-0.15, -0.1) is 0 Å². The molecule has 0 bridgehead atoms. The van der Waals surface area contributed by atoms with Crippen LogP contribution in [0.1, 0.15) is 37.0 Å². The summed E-state index contributed by atoms with van der Waals surface area (Å²) in [6.45, 7) is 3.71. The molecule has 0 fully saturated rings. The zero-order chi connectivity index (χ0) is 15.1. The van der Waals surface area contributed by atoms with Crippen LogP contribution < -0.4 is 10.6 Å². The van der Waals surface area contributed by atoms with Gasteiger partial charge >= 0.3 is 5.97 Å². The van der Waals surface area contributed by atoms with Gasteiger partial charge in [0.15, 0.2) is 0 Å². The molecular weight excluding hydrogens is 260 g/mol.